The largest absolute Gasteiger partial charge is 0.468 e. The third-order valence-electron chi connectivity index (χ3n) is 1.54. The standard InChI is InChI=1S/C9H13NO/c1-3-5-10-7-9-8(2)4-6-11-9/h3-4,6,10H,1,5,7H2,2H3. The number of hydrogen-bond donors (Lipinski definition) is 1. The van der Waals surface area contributed by atoms with Gasteiger partial charge in [-0.15, -0.1) is 6.58 Å². The molecule has 1 rings (SSSR count). The summed E-state index contributed by atoms with van der Waals surface area (Å²) in [5.74, 6) is 1.01. The maximum Gasteiger partial charge on any atom is 0.120 e. The molecule has 0 aliphatic rings. The lowest BCUT2D eigenvalue weighted by Gasteiger charge is -1.98. The van der Waals surface area contributed by atoms with Crippen molar-refractivity contribution in [2.24, 2.45) is 0 Å². The second kappa shape index (κ2) is 3.98. The molecule has 0 spiro atoms. The van der Waals surface area contributed by atoms with Gasteiger partial charge < -0.3 is 9.73 Å². The van der Waals surface area contributed by atoms with Crippen LogP contribution in [0.25, 0.3) is 0 Å². The Hall–Kier alpha value is -1.02. The van der Waals surface area contributed by atoms with Gasteiger partial charge in [0.2, 0.25) is 0 Å². The van der Waals surface area contributed by atoms with E-state index < -0.39 is 0 Å². The van der Waals surface area contributed by atoms with Crippen LogP contribution in [0, 0.1) is 6.92 Å². The van der Waals surface area contributed by atoms with Gasteiger partial charge in [0.1, 0.15) is 5.76 Å². The Balaban J connectivity index is 2.38. The summed E-state index contributed by atoms with van der Waals surface area (Å²) in [6.07, 6.45) is 3.54. The maximum absolute atomic E-state index is 5.21. The van der Waals surface area contributed by atoms with Crippen LogP contribution < -0.4 is 5.32 Å². The van der Waals surface area contributed by atoms with E-state index in [0.29, 0.717) is 0 Å². The van der Waals surface area contributed by atoms with Gasteiger partial charge in [-0.05, 0) is 18.6 Å². The third kappa shape index (κ3) is 2.24. The molecule has 0 bridgehead atoms. The minimum atomic E-state index is 0.783. The molecule has 0 aromatic carbocycles. The van der Waals surface area contributed by atoms with E-state index in [1.165, 1.54) is 5.56 Å². The third-order valence-corrected chi connectivity index (χ3v) is 1.54. The second-order valence-electron chi connectivity index (χ2n) is 2.45. The highest BCUT2D eigenvalue weighted by molar-refractivity contribution is 5.14. The summed E-state index contributed by atoms with van der Waals surface area (Å²) in [4.78, 5) is 0. The van der Waals surface area contributed by atoms with Crippen LogP contribution in [0.5, 0.6) is 0 Å². The van der Waals surface area contributed by atoms with Crippen molar-refractivity contribution in [1.82, 2.24) is 5.32 Å². The monoisotopic (exact) mass is 151 g/mol. The van der Waals surface area contributed by atoms with Crippen LogP contribution in [-0.4, -0.2) is 6.54 Å². The van der Waals surface area contributed by atoms with Gasteiger partial charge >= 0.3 is 0 Å². The maximum atomic E-state index is 5.21. The van der Waals surface area contributed by atoms with Gasteiger partial charge in [0.05, 0.1) is 12.8 Å². The van der Waals surface area contributed by atoms with E-state index in [1.807, 2.05) is 19.1 Å². The van der Waals surface area contributed by atoms with E-state index in [2.05, 4.69) is 11.9 Å². The lowest BCUT2D eigenvalue weighted by molar-refractivity contribution is 0.488. The molecule has 0 saturated heterocycles. The summed E-state index contributed by atoms with van der Waals surface area (Å²) >= 11 is 0. The van der Waals surface area contributed by atoms with Crippen LogP contribution in [0.1, 0.15) is 11.3 Å². The van der Waals surface area contributed by atoms with E-state index in [-0.39, 0.29) is 0 Å². The molecule has 0 aliphatic carbocycles. The Morgan fingerprint density at radius 1 is 1.73 bits per heavy atom. The summed E-state index contributed by atoms with van der Waals surface area (Å²) < 4.78 is 5.21. The van der Waals surface area contributed by atoms with Gasteiger partial charge in [0.15, 0.2) is 0 Å². The lowest BCUT2D eigenvalue weighted by atomic mass is 10.3. The van der Waals surface area contributed by atoms with Crippen LogP contribution in [-0.2, 0) is 6.54 Å². The van der Waals surface area contributed by atoms with Crippen LogP contribution in [0.3, 0.4) is 0 Å². The molecule has 0 saturated carbocycles. The van der Waals surface area contributed by atoms with Crippen molar-refractivity contribution in [1.29, 1.82) is 0 Å². The van der Waals surface area contributed by atoms with Crippen LogP contribution >= 0.6 is 0 Å². The topological polar surface area (TPSA) is 25.2 Å². The highest BCUT2D eigenvalue weighted by atomic mass is 16.3. The first-order chi connectivity index (χ1) is 5.34. The fourth-order valence-electron chi connectivity index (χ4n) is 0.873. The fraction of sp³-hybridized carbons (Fsp3) is 0.333. The van der Waals surface area contributed by atoms with Crippen molar-refractivity contribution < 1.29 is 4.42 Å². The molecular weight excluding hydrogens is 138 g/mol. The van der Waals surface area contributed by atoms with Crippen molar-refractivity contribution >= 4 is 0 Å². The zero-order valence-corrected chi connectivity index (χ0v) is 6.76. The SMILES string of the molecule is C=CCNCc1occc1C. The zero-order chi connectivity index (χ0) is 8.10. The molecule has 0 aliphatic heterocycles. The van der Waals surface area contributed by atoms with E-state index in [0.717, 1.165) is 18.8 Å². The van der Waals surface area contributed by atoms with Crippen LogP contribution in [0.4, 0.5) is 0 Å². The van der Waals surface area contributed by atoms with Crippen molar-refractivity contribution in [3.05, 3.63) is 36.3 Å². The van der Waals surface area contributed by atoms with Crippen molar-refractivity contribution in [3.8, 4) is 0 Å². The summed E-state index contributed by atoms with van der Waals surface area (Å²) in [5, 5.41) is 3.17. The summed E-state index contributed by atoms with van der Waals surface area (Å²) in [7, 11) is 0. The Labute approximate surface area is 66.9 Å². The molecule has 60 valence electrons. The first-order valence-corrected chi connectivity index (χ1v) is 3.69. The van der Waals surface area contributed by atoms with Crippen molar-refractivity contribution in [2.75, 3.05) is 6.54 Å². The van der Waals surface area contributed by atoms with Gasteiger partial charge in [-0.25, -0.2) is 0 Å². The number of nitrogens with one attached hydrogen (secondary N) is 1. The molecule has 0 fully saturated rings. The molecule has 1 heterocycles. The molecule has 1 aromatic rings. The molecular formula is C9H13NO. The molecule has 2 heteroatoms. The Morgan fingerprint density at radius 2 is 2.55 bits per heavy atom. The summed E-state index contributed by atoms with van der Waals surface area (Å²) in [6, 6.07) is 1.96. The van der Waals surface area contributed by atoms with Gasteiger partial charge in [-0.2, -0.15) is 0 Å². The molecule has 0 amide bonds. The van der Waals surface area contributed by atoms with E-state index in [1.54, 1.807) is 6.26 Å². The predicted molar refractivity (Wildman–Crippen MR) is 45.3 cm³/mol. The smallest absolute Gasteiger partial charge is 0.120 e. The second-order valence-corrected chi connectivity index (χ2v) is 2.45. The summed E-state index contributed by atoms with van der Waals surface area (Å²) in [5.41, 5.74) is 1.20. The molecule has 1 N–H and O–H groups in total. The number of hydrogen-bond acceptors (Lipinski definition) is 2. The summed E-state index contributed by atoms with van der Waals surface area (Å²) in [6.45, 7) is 7.25. The van der Waals surface area contributed by atoms with Crippen LogP contribution in [0.2, 0.25) is 0 Å². The van der Waals surface area contributed by atoms with E-state index >= 15 is 0 Å². The fourth-order valence-corrected chi connectivity index (χ4v) is 0.873. The molecule has 2 nitrogen and oxygen atoms in total. The first-order valence-electron chi connectivity index (χ1n) is 3.69. The Bertz CT molecular complexity index is 227. The number of furan rings is 1. The number of aryl methyl sites for hydroxylation is 1. The Morgan fingerprint density at radius 3 is 3.09 bits per heavy atom. The van der Waals surface area contributed by atoms with Gasteiger partial charge in [-0.1, -0.05) is 6.08 Å². The van der Waals surface area contributed by atoms with E-state index in [4.69, 9.17) is 4.42 Å². The zero-order valence-electron chi connectivity index (χ0n) is 6.76. The van der Waals surface area contributed by atoms with Crippen LogP contribution in [0.15, 0.2) is 29.4 Å². The molecule has 0 atom stereocenters. The average Bonchev–Trinajstić information content (AvgIpc) is 2.37. The molecule has 0 radical (unpaired) electrons. The Kier molecular flexibility index (Phi) is 2.93. The quantitative estimate of drug-likeness (QED) is 0.525. The van der Waals surface area contributed by atoms with Crippen molar-refractivity contribution in [3.63, 3.8) is 0 Å². The highest BCUT2D eigenvalue weighted by Crippen LogP contribution is 2.07. The normalized spacial score (nSPS) is 9.91. The van der Waals surface area contributed by atoms with Gasteiger partial charge in [0.25, 0.3) is 0 Å². The first kappa shape index (κ1) is 8.08. The van der Waals surface area contributed by atoms with E-state index in [9.17, 15) is 0 Å². The predicted octanol–water partition coefficient (Wildman–Crippen LogP) is 1.86. The average molecular weight is 151 g/mol. The molecule has 0 unspecified atom stereocenters. The minimum absolute atomic E-state index is 0.783. The lowest BCUT2D eigenvalue weighted by Crippen LogP contribution is -2.12. The minimum Gasteiger partial charge on any atom is -0.468 e. The highest BCUT2D eigenvalue weighted by Gasteiger charge is 1.98. The molecule has 1 aromatic heterocycles. The molecule has 11 heavy (non-hydrogen) atoms. The van der Waals surface area contributed by atoms with Gasteiger partial charge in [0, 0.05) is 6.54 Å². The van der Waals surface area contributed by atoms with Gasteiger partial charge in [-0.3, -0.25) is 0 Å². The van der Waals surface area contributed by atoms with Crippen molar-refractivity contribution in [2.45, 2.75) is 13.5 Å². The number of rotatable bonds is 4.